The molecular formula is C24H54BrO3PSi2. The number of halogens is 1. The van der Waals surface area contributed by atoms with E-state index >= 15 is 0 Å². The van der Waals surface area contributed by atoms with Crippen molar-refractivity contribution < 1.29 is 13.4 Å². The topological polar surface area (TPSA) is 27.7 Å². The van der Waals surface area contributed by atoms with Gasteiger partial charge in [-0.05, 0) is 0 Å². The molecule has 0 aliphatic heterocycles. The summed E-state index contributed by atoms with van der Waals surface area (Å²) in [4.78, 5) is 0. The molecule has 0 aromatic carbocycles. The molecule has 0 spiro atoms. The first kappa shape index (κ1) is 30.3. The Balaban J connectivity index is 3.15. The quantitative estimate of drug-likeness (QED) is 0.148. The summed E-state index contributed by atoms with van der Waals surface area (Å²) in [6.45, 7) is 20.8. The molecule has 2 unspecified atom stereocenters. The van der Waals surface area contributed by atoms with Gasteiger partial charge in [-0.2, -0.15) is 0 Å². The van der Waals surface area contributed by atoms with Gasteiger partial charge >= 0.3 is 206 Å². The van der Waals surface area contributed by atoms with E-state index in [0.29, 0.717) is 0 Å². The van der Waals surface area contributed by atoms with Crippen LogP contribution in [0.3, 0.4) is 0 Å². The van der Waals surface area contributed by atoms with Gasteiger partial charge in [-0.25, -0.2) is 0 Å². The number of rotatable bonds is 15. The molecule has 1 aliphatic carbocycles. The van der Waals surface area contributed by atoms with E-state index in [0.717, 1.165) is 19.3 Å². The second kappa shape index (κ2) is 12.8. The van der Waals surface area contributed by atoms with Crippen molar-refractivity contribution in [2.24, 2.45) is 0 Å². The molecule has 1 saturated carbocycles. The molecule has 0 saturated heterocycles. The Hall–Kier alpha value is 1.22. The van der Waals surface area contributed by atoms with Crippen molar-refractivity contribution in [3.63, 3.8) is 0 Å². The molecule has 1 rings (SSSR count). The van der Waals surface area contributed by atoms with Gasteiger partial charge < -0.3 is 0 Å². The van der Waals surface area contributed by atoms with E-state index in [1.165, 1.54) is 57.0 Å². The van der Waals surface area contributed by atoms with Crippen LogP contribution in [0.2, 0.25) is 39.3 Å². The number of hydrogen-bond acceptors (Lipinski definition) is 3. The van der Waals surface area contributed by atoms with Crippen LogP contribution in [0.5, 0.6) is 0 Å². The van der Waals surface area contributed by atoms with Gasteiger partial charge in [0.1, 0.15) is 0 Å². The van der Waals surface area contributed by atoms with Gasteiger partial charge in [0, 0.05) is 0 Å². The average Bonchev–Trinajstić information content (AvgIpc) is 2.61. The average molecular weight is 558 g/mol. The zero-order valence-electron chi connectivity index (χ0n) is 22.3. The maximum absolute atomic E-state index is 7.38. The second-order valence-electron chi connectivity index (χ2n) is 11.9. The number of unbranched alkanes of at least 4 members (excludes halogenated alkanes) is 3. The molecular weight excluding hydrogens is 503 g/mol. The molecule has 0 aromatic rings. The zero-order chi connectivity index (χ0) is 23.8. The summed E-state index contributed by atoms with van der Waals surface area (Å²) in [6.07, 6.45) is 15.0. The minimum atomic E-state index is -2.40. The van der Waals surface area contributed by atoms with E-state index in [2.05, 4.69) is 75.5 Å². The standard InChI is InChI=1S/C24H54BrO3PSi2/c1-10-13-16-29(25,17-14-11-2,18-15-12-3)26-22-19-23(27-30(4,5)6)21-24(20-22)28-31(7,8)9/h22-24H,10-21H2,1-9H3. The van der Waals surface area contributed by atoms with E-state index in [4.69, 9.17) is 13.4 Å². The monoisotopic (exact) mass is 556 g/mol. The molecule has 7 heteroatoms. The Bertz CT molecular complexity index is 473. The van der Waals surface area contributed by atoms with Crippen LogP contribution < -0.4 is 0 Å². The molecule has 0 bridgehead atoms. The minimum absolute atomic E-state index is 0.249. The van der Waals surface area contributed by atoms with Gasteiger partial charge in [0.2, 0.25) is 0 Å². The van der Waals surface area contributed by atoms with Crippen LogP contribution in [-0.2, 0) is 13.4 Å². The van der Waals surface area contributed by atoms with Crippen LogP contribution in [-0.4, -0.2) is 53.4 Å². The Kier molecular flexibility index (Phi) is 12.5. The van der Waals surface area contributed by atoms with Gasteiger partial charge in [-0.15, -0.1) is 0 Å². The van der Waals surface area contributed by atoms with E-state index in [9.17, 15) is 0 Å². The van der Waals surface area contributed by atoms with Gasteiger partial charge in [0.15, 0.2) is 0 Å². The van der Waals surface area contributed by atoms with Crippen molar-refractivity contribution >= 4 is 37.7 Å². The predicted molar refractivity (Wildman–Crippen MR) is 150 cm³/mol. The Morgan fingerprint density at radius 2 is 0.968 bits per heavy atom. The molecule has 1 fully saturated rings. The van der Waals surface area contributed by atoms with Gasteiger partial charge in [-0.3, -0.25) is 0 Å². The van der Waals surface area contributed by atoms with Crippen molar-refractivity contribution in [2.45, 2.75) is 136 Å². The first-order valence-electron chi connectivity index (χ1n) is 13.0. The summed E-state index contributed by atoms with van der Waals surface area (Å²) < 4.78 is 20.7. The summed E-state index contributed by atoms with van der Waals surface area (Å²) in [5.41, 5.74) is -2.40. The first-order chi connectivity index (χ1) is 14.2. The van der Waals surface area contributed by atoms with Crippen LogP contribution in [0.4, 0.5) is 0 Å². The van der Waals surface area contributed by atoms with Crippen molar-refractivity contribution in [3.05, 3.63) is 0 Å². The van der Waals surface area contributed by atoms with Gasteiger partial charge in [0.05, 0.1) is 0 Å². The molecule has 0 amide bonds. The third-order valence-electron chi connectivity index (χ3n) is 6.04. The summed E-state index contributed by atoms with van der Waals surface area (Å²) in [5.74, 6) is 0. The summed E-state index contributed by atoms with van der Waals surface area (Å²) in [5, 5.41) is 0. The normalized spacial score (nSPS) is 24.7. The summed E-state index contributed by atoms with van der Waals surface area (Å²) in [7, 11) is -3.21. The summed E-state index contributed by atoms with van der Waals surface area (Å²) >= 11 is 4.44. The van der Waals surface area contributed by atoms with Gasteiger partial charge in [-0.1, -0.05) is 0 Å². The van der Waals surface area contributed by atoms with Crippen molar-refractivity contribution in [1.29, 1.82) is 0 Å². The molecule has 1 aliphatic rings. The van der Waals surface area contributed by atoms with Crippen LogP contribution in [0.1, 0.15) is 78.6 Å². The Morgan fingerprint density at radius 1 is 0.645 bits per heavy atom. The molecule has 188 valence electrons. The fraction of sp³-hybridized carbons (Fsp3) is 1.00. The molecule has 3 nitrogen and oxygen atoms in total. The predicted octanol–water partition coefficient (Wildman–Crippen LogP) is 9.17. The van der Waals surface area contributed by atoms with E-state index in [1.807, 2.05) is 0 Å². The van der Waals surface area contributed by atoms with Crippen molar-refractivity contribution in [1.82, 2.24) is 0 Å². The van der Waals surface area contributed by atoms with Crippen molar-refractivity contribution in [2.75, 3.05) is 18.5 Å². The zero-order valence-corrected chi connectivity index (χ0v) is 26.7. The van der Waals surface area contributed by atoms with Crippen LogP contribution in [0, 0.1) is 0 Å². The van der Waals surface area contributed by atoms with Crippen LogP contribution in [0.25, 0.3) is 0 Å². The molecule has 2 atom stereocenters. The fourth-order valence-corrected chi connectivity index (χ4v) is 15.1. The molecule has 31 heavy (non-hydrogen) atoms. The molecule has 0 radical (unpaired) electrons. The molecule has 0 heterocycles. The number of hydrogen-bond donors (Lipinski definition) is 0. The molecule has 0 N–H and O–H groups in total. The van der Waals surface area contributed by atoms with E-state index in [-0.39, 0.29) is 18.3 Å². The fourth-order valence-electron chi connectivity index (χ4n) is 4.83. The van der Waals surface area contributed by atoms with Crippen LogP contribution in [0.15, 0.2) is 0 Å². The van der Waals surface area contributed by atoms with Gasteiger partial charge in [0.25, 0.3) is 0 Å². The third kappa shape index (κ3) is 12.0. The second-order valence-corrected chi connectivity index (χ2v) is 30.7. The SMILES string of the molecule is CCCCP(Br)(CCCC)(CCCC)OC1CC(O[Si](C)(C)C)CC(O[Si](C)(C)C)C1. The Labute approximate surface area is 205 Å². The molecule has 0 aromatic heterocycles. The third-order valence-corrected chi connectivity index (χ3v) is 16.5. The van der Waals surface area contributed by atoms with Crippen LogP contribution >= 0.6 is 21.0 Å². The van der Waals surface area contributed by atoms with Crippen molar-refractivity contribution in [3.8, 4) is 0 Å². The maximum atomic E-state index is 7.38. The summed E-state index contributed by atoms with van der Waals surface area (Å²) in [6, 6.07) is 0. The van der Waals surface area contributed by atoms with E-state index in [1.54, 1.807) is 0 Å². The van der Waals surface area contributed by atoms with E-state index < -0.39 is 22.2 Å². The first-order valence-corrected chi connectivity index (χ1v) is 24.5. The Morgan fingerprint density at radius 3 is 1.26 bits per heavy atom.